The molecular weight excluding hydrogens is 228 g/mol. The molecule has 1 N–H and O–H groups in total. The molecule has 0 saturated carbocycles. The Morgan fingerprint density at radius 3 is 2.83 bits per heavy atom. The summed E-state index contributed by atoms with van der Waals surface area (Å²) in [6.07, 6.45) is 1.23. The van der Waals surface area contributed by atoms with Crippen LogP contribution in [0.5, 0.6) is 0 Å². The Morgan fingerprint density at radius 2 is 2.22 bits per heavy atom. The summed E-state index contributed by atoms with van der Waals surface area (Å²) in [6.45, 7) is 7.03. The van der Waals surface area contributed by atoms with Gasteiger partial charge in [-0.25, -0.2) is 0 Å². The molecule has 0 bridgehead atoms. The quantitative estimate of drug-likeness (QED) is 0.756. The lowest BCUT2D eigenvalue weighted by Crippen LogP contribution is -2.29. The van der Waals surface area contributed by atoms with Gasteiger partial charge < -0.3 is 10.1 Å². The van der Waals surface area contributed by atoms with Crippen LogP contribution in [0.2, 0.25) is 0 Å². The molecule has 0 spiro atoms. The fourth-order valence-electron chi connectivity index (χ4n) is 1.72. The lowest BCUT2D eigenvalue weighted by atomic mass is 10.1. The number of ether oxygens (including phenoxy) is 1. The van der Waals surface area contributed by atoms with Gasteiger partial charge in [0.05, 0.1) is 18.3 Å². The molecule has 1 rings (SSSR count). The normalized spacial score (nSPS) is 12.2. The van der Waals surface area contributed by atoms with Crippen molar-refractivity contribution in [2.24, 2.45) is 0 Å². The van der Waals surface area contributed by atoms with E-state index in [1.165, 1.54) is 0 Å². The van der Waals surface area contributed by atoms with Crippen molar-refractivity contribution in [2.75, 3.05) is 13.2 Å². The Balaban J connectivity index is 2.54. The number of rotatable bonds is 7. The van der Waals surface area contributed by atoms with E-state index in [1.807, 2.05) is 39.0 Å². The molecule has 0 aliphatic rings. The molecule has 0 radical (unpaired) electrons. The molecule has 1 amide bonds. The number of hydrogen-bond donors (Lipinski definition) is 1. The van der Waals surface area contributed by atoms with Crippen LogP contribution < -0.4 is 5.32 Å². The van der Waals surface area contributed by atoms with Crippen molar-refractivity contribution in [3.63, 3.8) is 0 Å². The van der Waals surface area contributed by atoms with Crippen molar-refractivity contribution in [1.82, 2.24) is 10.3 Å². The molecule has 1 aromatic heterocycles. The number of hydrogen-bond acceptors (Lipinski definition) is 3. The maximum Gasteiger partial charge on any atom is 0.222 e. The number of carbonyl (C=O) groups excluding carboxylic acids is 1. The summed E-state index contributed by atoms with van der Waals surface area (Å²) in [4.78, 5) is 16.2. The van der Waals surface area contributed by atoms with Crippen LogP contribution >= 0.6 is 0 Å². The molecule has 18 heavy (non-hydrogen) atoms. The predicted octanol–water partition coefficient (Wildman–Crippen LogP) is 2.38. The van der Waals surface area contributed by atoms with E-state index >= 15 is 0 Å². The van der Waals surface area contributed by atoms with Crippen molar-refractivity contribution >= 4 is 5.91 Å². The van der Waals surface area contributed by atoms with Gasteiger partial charge in [-0.2, -0.15) is 0 Å². The van der Waals surface area contributed by atoms with Crippen LogP contribution in [0.15, 0.2) is 18.2 Å². The van der Waals surface area contributed by atoms with E-state index in [0.29, 0.717) is 19.6 Å². The van der Waals surface area contributed by atoms with E-state index in [2.05, 4.69) is 10.3 Å². The molecule has 0 saturated heterocycles. The van der Waals surface area contributed by atoms with Crippen LogP contribution in [0.1, 0.15) is 44.1 Å². The highest BCUT2D eigenvalue weighted by Gasteiger charge is 2.13. The maximum atomic E-state index is 11.7. The second-order valence-corrected chi connectivity index (χ2v) is 4.18. The van der Waals surface area contributed by atoms with Gasteiger partial charge in [-0.3, -0.25) is 9.78 Å². The van der Waals surface area contributed by atoms with Crippen molar-refractivity contribution in [1.29, 1.82) is 0 Å². The number of nitrogens with zero attached hydrogens (tertiary/aromatic N) is 1. The minimum atomic E-state index is -0.0148. The Bertz CT molecular complexity index is 380. The SMILES string of the molecule is CCOCCC(=O)N[C@H](CC)c1cccc(C)n1. The zero-order valence-electron chi connectivity index (χ0n) is 11.4. The monoisotopic (exact) mass is 250 g/mol. The molecule has 0 aliphatic carbocycles. The molecular formula is C14H22N2O2. The molecule has 1 heterocycles. The van der Waals surface area contributed by atoms with Gasteiger partial charge >= 0.3 is 0 Å². The number of aryl methyl sites for hydroxylation is 1. The molecule has 0 fully saturated rings. The van der Waals surface area contributed by atoms with Crippen LogP contribution in [0.25, 0.3) is 0 Å². The van der Waals surface area contributed by atoms with Crippen LogP contribution in [0, 0.1) is 6.92 Å². The Morgan fingerprint density at radius 1 is 1.44 bits per heavy atom. The first kappa shape index (κ1) is 14.6. The standard InChI is InChI=1S/C14H22N2O2/c1-4-12(13-8-6-7-11(3)15-13)16-14(17)9-10-18-5-2/h6-8,12H,4-5,9-10H2,1-3H3,(H,16,17)/t12-/m1/s1. The minimum Gasteiger partial charge on any atom is -0.381 e. The summed E-state index contributed by atoms with van der Waals surface area (Å²) in [6, 6.07) is 5.85. The molecule has 100 valence electrons. The van der Waals surface area contributed by atoms with E-state index in [9.17, 15) is 4.79 Å². The van der Waals surface area contributed by atoms with Gasteiger partial charge in [0, 0.05) is 18.7 Å². The van der Waals surface area contributed by atoms with Crippen molar-refractivity contribution in [2.45, 2.75) is 39.7 Å². The second kappa shape index (κ2) is 7.82. The lowest BCUT2D eigenvalue weighted by Gasteiger charge is -2.17. The number of nitrogens with one attached hydrogen (secondary N) is 1. The predicted molar refractivity (Wildman–Crippen MR) is 71.3 cm³/mol. The van der Waals surface area contributed by atoms with Gasteiger partial charge in [-0.05, 0) is 32.4 Å². The first-order valence-electron chi connectivity index (χ1n) is 6.48. The molecule has 0 aliphatic heterocycles. The minimum absolute atomic E-state index is 0.0126. The van der Waals surface area contributed by atoms with Gasteiger partial charge in [-0.1, -0.05) is 13.0 Å². The largest absolute Gasteiger partial charge is 0.381 e. The zero-order valence-corrected chi connectivity index (χ0v) is 11.4. The van der Waals surface area contributed by atoms with Gasteiger partial charge in [0.15, 0.2) is 0 Å². The Kier molecular flexibility index (Phi) is 6.36. The van der Waals surface area contributed by atoms with Crippen LogP contribution in [0.3, 0.4) is 0 Å². The fraction of sp³-hybridized carbons (Fsp3) is 0.571. The molecule has 1 atom stereocenters. The summed E-state index contributed by atoms with van der Waals surface area (Å²) in [5, 5.41) is 2.99. The molecule has 4 heteroatoms. The fourth-order valence-corrected chi connectivity index (χ4v) is 1.72. The molecule has 0 aromatic carbocycles. The van der Waals surface area contributed by atoms with Crippen LogP contribution in [-0.2, 0) is 9.53 Å². The maximum absolute atomic E-state index is 11.7. The van der Waals surface area contributed by atoms with E-state index in [4.69, 9.17) is 4.74 Å². The molecule has 4 nitrogen and oxygen atoms in total. The first-order valence-corrected chi connectivity index (χ1v) is 6.48. The van der Waals surface area contributed by atoms with Gasteiger partial charge in [0.25, 0.3) is 0 Å². The third kappa shape index (κ3) is 4.84. The second-order valence-electron chi connectivity index (χ2n) is 4.18. The summed E-state index contributed by atoms with van der Waals surface area (Å²) < 4.78 is 5.17. The summed E-state index contributed by atoms with van der Waals surface area (Å²) in [7, 11) is 0. The number of pyridine rings is 1. The molecule has 0 unspecified atom stereocenters. The smallest absolute Gasteiger partial charge is 0.222 e. The average molecular weight is 250 g/mol. The topological polar surface area (TPSA) is 51.2 Å². The lowest BCUT2D eigenvalue weighted by molar-refractivity contribution is -0.122. The van der Waals surface area contributed by atoms with Gasteiger partial charge in [-0.15, -0.1) is 0 Å². The van der Waals surface area contributed by atoms with Gasteiger partial charge in [0.1, 0.15) is 0 Å². The molecule has 1 aromatic rings. The third-order valence-electron chi connectivity index (χ3n) is 2.69. The number of carbonyl (C=O) groups is 1. The summed E-state index contributed by atoms with van der Waals surface area (Å²) in [5.74, 6) is 0.0126. The summed E-state index contributed by atoms with van der Waals surface area (Å²) >= 11 is 0. The van der Waals surface area contributed by atoms with Crippen LogP contribution in [0.4, 0.5) is 0 Å². The Labute approximate surface area is 109 Å². The zero-order chi connectivity index (χ0) is 13.4. The summed E-state index contributed by atoms with van der Waals surface area (Å²) in [5.41, 5.74) is 1.89. The highest BCUT2D eigenvalue weighted by atomic mass is 16.5. The third-order valence-corrected chi connectivity index (χ3v) is 2.69. The average Bonchev–Trinajstić information content (AvgIpc) is 2.36. The van der Waals surface area contributed by atoms with E-state index in [-0.39, 0.29) is 11.9 Å². The van der Waals surface area contributed by atoms with E-state index in [1.54, 1.807) is 0 Å². The highest BCUT2D eigenvalue weighted by Crippen LogP contribution is 2.14. The number of amides is 1. The number of aromatic nitrogens is 1. The van der Waals surface area contributed by atoms with Crippen molar-refractivity contribution < 1.29 is 9.53 Å². The first-order chi connectivity index (χ1) is 8.67. The van der Waals surface area contributed by atoms with Gasteiger partial charge in [0.2, 0.25) is 5.91 Å². The highest BCUT2D eigenvalue weighted by molar-refractivity contribution is 5.76. The van der Waals surface area contributed by atoms with Crippen LogP contribution in [-0.4, -0.2) is 24.1 Å². The van der Waals surface area contributed by atoms with E-state index < -0.39 is 0 Å². The van der Waals surface area contributed by atoms with E-state index in [0.717, 1.165) is 17.8 Å². The van der Waals surface area contributed by atoms with Crippen molar-refractivity contribution in [3.05, 3.63) is 29.6 Å². The Hall–Kier alpha value is -1.42. The van der Waals surface area contributed by atoms with Crippen molar-refractivity contribution in [3.8, 4) is 0 Å².